The SMILES string of the molecule is CC1(c2ccccc2)CN(c2ccnc(NC(=O)NCc3ccccn3)c2)C(=O)O1. The number of pyridine rings is 2. The fourth-order valence-electron chi connectivity index (χ4n) is 3.27. The number of cyclic esters (lactones) is 1. The van der Waals surface area contributed by atoms with Crippen LogP contribution < -0.4 is 15.5 Å². The number of nitrogens with one attached hydrogen (secondary N) is 2. The van der Waals surface area contributed by atoms with Crippen LogP contribution in [0.15, 0.2) is 73.1 Å². The van der Waals surface area contributed by atoms with Crippen molar-refractivity contribution >= 4 is 23.6 Å². The fourth-order valence-corrected chi connectivity index (χ4v) is 3.27. The molecule has 1 aliphatic rings. The van der Waals surface area contributed by atoms with Crippen LogP contribution in [0.1, 0.15) is 18.2 Å². The van der Waals surface area contributed by atoms with Crippen LogP contribution >= 0.6 is 0 Å². The van der Waals surface area contributed by atoms with Gasteiger partial charge in [0.05, 0.1) is 24.5 Å². The summed E-state index contributed by atoms with van der Waals surface area (Å²) in [5.74, 6) is 0.326. The maximum Gasteiger partial charge on any atom is 0.415 e. The molecule has 1 atom stereocenters. The van der Waals surface area contributed by atoms with Crippen molar-refractivity contribution in [3.63, 3.8) is 0 Å². The lowest BCUT2D eigenvalue weighted by Gasteiger charge is -2.22. The van der Waals surface area contributed by atoms with Crippen LogP contribution in [-0.4, -0.2) is 28.6 Å². The van der Waals surface area contributed by atoms with Crippen molar-refractivity contribution in [2.75, 3.05) is 16.8 Å². The van der Waals surface area contributed by atoms with Gasteiger partial charge in [-0.15, -0.1) is 0 Å². The maximum absolute atomic E-state index is 12.5. The number of carbonyl (C=O) groups is 2. The van der Waals surface area contributed by atoms with E-state index in [2.05, 4.69) is 20.6 Å². The van der Waals surface area contributed by atoms with Gasteiger partial charge in [0.15, 0.2) is 5.60 Å². The van der Waals surface area contributed by atoms with E-state index in [0.29, 0.717) is 24.6 Å². The summed E-state index contributed by atoms with van der Waals surface area (Å²) in [5.41, 5.74) is 1.50. The highest BCUT2D eigenvalue weighted by Crippen LogP contribution is 2.35. The summed E-state index contributed by atoms with van der Waals surface area (Å²) in [7, 11) is 0. The summed E-state index contributed by atoms with van der Waals surface area (Å²) in [5, 5.41) is 5.40. The zero-order chi connectivity index (χ0) is 21.0. The molecule has 4 rings (SSSR count). The highest BCUT2D eigenvalue weighted by atomic mass is 16.6. The topological polar surface area (TPSA) is 96.5 Å². The fraction of sp³-hybridized carbons (Fsp3) is 0.182. The molecule has 3 amide bonds. The lowest BCUT2D eigenvalue weighted by atomic mass is 9.96. The van der Waals surface area contributed by atoms with Gasteiger partial charge in [0.1, 0.15) is 5.82 Å². The Morgan fingerprint density at radius 1 is 1.10 bits per heavy atom. The van der Waals surface area contributed by atoms with E-state index >= 15 is 0 Å². The lowest BCUT2D eigenvalue weighted by Crippen LogP contribution is -2.30. The Bertz CT molecular complexity index is 1040. The van der Waals surface area contributed by atoms with Crippen LogP contribution in [0.4, 0.5) is 21.1 Å². The van der Waals surface area contributed by atoms with E-state index < -0.39 is 17.7 Å². The largest absolute Gasteiger partial charge is 0.436 e. The van der Waals surface area contributed by atoms with Crippen molar-refractivity contribution in [2.24, 2.45) is 0 Å². The lowest BCUT2D eigenvalue weighted by molar-refractivity contribution is 0.0705. The van der Waals surface area contributed by atoms with Crippen LogP contribution in [-0.2, 0) is 16.9 Å². The number of aromatic nitrogens is 2. The number of anilines is 2. The van der Waals surface area contributed by atoms with Crippen molar-refractivity contribution in [2.45, 2.75) is 19.1 Å². The number of hydrogen-bond acceptors (Lipinski definition) is 5. The first-order valence-corrected chi connectivity index (χ1v) is 9.50. The number of urea groups is 1. The first-order valence-electron chi connectivity index (χ1n) is 9.50. The van der Waals surface area contributed by atoms with Gasteiger partial charge < -0.3 is 10.1 Å². The van der Waals surface area contributed by atoms with Gasteiger partial charge in [-0.25, -0.2) is 14.6 Å². The van der Waals surface area contributed by atoms with E-state index in [0.717, 1.165) is 11.3 Å². The summed E-state index contributed by atoms with van der Waals surface area (Å²) < 4.78 is 5.67. The first-order chi connectivity index (χ1) is 14.5. The molecule has 8 nitrogen and oxygen atoms in total. The molecule has 0 spiro atoms. The van der Waals surface area contributed by atoms with Gasteiger partial charge in [-0.1, -0.05) is 36.4 Å². The minimum absolute atomic E-state index is 0.292. The summed E-state index contributed by atoms with van der Waals surface area (Å²) in [6.45, 7) is 2.52. The second-order valence-electron chi connectivity index (χ2n) is 7.08. The van der Waals surface area contributed by atoms with Crippen LogP contribution in [0.3, 0.4) is 0 Å². The third-order valence-corrected chi connectivity index (χ3v) is 4.83. The Morgan fingerprint density at radius 2 is 1.90 bits per heavy atom. The first kappa shape index (κ1) is 19.4. The second-order valence-corrected chi connectivity index (χ2v) is 7.08. The predicted octanol–water partition coefficient (Wildman–Crippen LogP) is 3.67. The summed E-state index contributed by atoms with van der Waals surface area (Å²) >= 11 is 0. The molecule has 0 bridgehead atoms. The number of ether oxygens (including phenoxy) is 1. The molecule has 30 heavy (non-hydrogen) atoms. The molecular formula is C22H21N5O3. The van der Waals surface area contributed by atoms with E-state index in [1.807, 2.05) is 55.5 Å². The zero-order valence-electron chi connectivity index (χ0n) is 16.4. The summed E-state index contributed by atoms with van der Waals surface area (Å²) in [6, 6.07) is 18.0. The van der Waals surface area contributed by atoms with Gasteiger partial charge in [-0.2, -0.15) is 0 Å². The Labute approximate surface area is 173 Å². The van der Waals surface area contributed by atoms with Gasteiger partial charge in [-0.05, 0) is 30.7 Å². The molecule has 3 heterocycles. The van der Waals surface area contributed by atoms with E-state index in [4.69, 9.17) is 4.74 Å². The summed E-state index contributed by atoms with van der Waals surface area (Å²) in [4.78, 5) is 34.6. The Balaban J connectivity index is 1.43. The maximum atomic E-state index is 12.5. The molecule has 2 N–H and O–H groups in total. The third kappa shape index (κ3) is 4.22. The van der Waals surface area contributed by atoms with E-state index in [1.54, 1.807) is 18.3 Å². The van der Waals surface area contributed by atoms with Crippen molar-refractivity contribution in [3.05, 3.63) is 84.3 Å². The number of hydrogen-bond donors (Lipinski definition) is 2. The average molecular weight is 403 g/mol. The number of benzene rings is 1. The third-order valence-electron chi connectivity index (χ3n) is 4.83. The van der Waals surface area contributed by atoms with Crippen molar-refractivity contribution in [3.8, 4) is 0 Å². The van der Waals surface area contributed by atoms with Gasteiger partial charge in [0.2, 0.25) is 0 Å². The van der Waals surface area contributed by atoms with Gasteiger partial charge in [0.25, 0.3) is 0 Å². The van der Waals surface area contributed by atoms with Crippen molar-refractivity contribution in [1.82, 2.24) is 15.3 Å². The molecule has 152 valence electrons. The Hall–Kier alpha value is -3.94. The number of nitrogens with zero attached hydrogens (tertiary/aromatic N) is 3. The Kier molecular flexibility index (Phi) is 5.30. The van der Waals surface area contributed by atoms with Crippen LogP contribution in [0.2, 0.25) is 0 Å². The quantitative estimate of drug-likeness (QED) is 0.678. The molecular weight excluding hydrogens is 382 g/mol. The Morgan fingerprint density at radius 3 is 2.67 bits per heavy atom. The smallest absolute Gasteiger partial charge is 0.415 e. The van der Waals surface area contributed by atoms with Gasteiger partial charge in [-0.3, -0.25) is 15.2 Å². The van der Waals surface area contributed by atoms with Crippen molar-refractivity contribution in [1.29, 1.82) is 0 Å². The monoisotopic (exact) mass is 403 g/mol. The number of amides is 3. The van der Waals surface area contributed by atoms with Crippen LogP contribution in [0, 0.1) is 0 Å². The van der Waals surface area contributed by atoms with Crippen LogP contribution in [0.5, 0.6) is 0 Å². The van der Waals surface area contributed by atoms with Gasteiger partial charge in [0, 0.05) is 18.5 Å². The molecule has 3 aromatic rings. The standard InChI is InChI=1S/C22H21N5O3/c1-22(16-7-3-2-4-8-16)15-27(21(29)30-22)18-10-12-24-19(13-18)26-20(28)25-14-17-9-5-6-11-23-17/h2-13H,14-15H2,1H3,(H2,24,25,26,28). The second kappa shape index (κ2) is 8.20. The van der Waals surface area contributed by atoms with E-state index in [-0.39, 0.29) is 0 Å². The number of rotatable bonds is 5. The highest BCUT2D eigenvalue weighted by molar-refractivity contribution is 5.92. The molecule has 1 fully saturated rings. The average Bonchev–Trinajstić information content (AvgIpc) is 3.09. The minimum Gasteiger partial charge on any atom is -0.436 e. The summed E-state index contributed by atoms with van der Waals surface area (Å²) in [6.07, 6.45) is 2.76. The highest BCUT2D eigenvalue weighted by Gasteiger charge is 2.43. The molecule has 2 aromatic heterocycles. The van der Waals surface area contributed by atoms with Gasteiger partial charge >= 0.3 is 12.1 Å². The van der Waals surface area contributed by atoms with Crippen molar-refractivity contribution < 1.29 is 14.3 Å². The van der Waals surface area contributed by atoms with E-state index in [9.17, 15) is 9.59 Å². The predicted molar refractivity (Wildman–Crippen MR) is 112 cm³/mol. The molecule has 1 aromatic carbocycles. The van der Waals surface area contributed by atoms with E-state index in [1.165, 1.54) is 11.1 Å². The molecule has 0 aliphatic carbocycles. The zero-order valence-corrected chi connectivity index (χ0v) is 16.4. The van der Waals surface area contributed by atoms with Crippen LogP contribution in [0.25, 0.3) is 0 Å². The normalized spacial score (nSPS) is 18.0. The molecule has 8 heteroatoms. The molecule has 0 saturated carbocycles. The molecule has 1 unspecified atom stereocenters. The molecule has 1 saturated heterocycles. The molecule has 0 radical (unpaired) electrons. The molecule has 1 aliphatic heterocycles. The minimum atomic E-state index is -0.755. The number of carbonyl (C=O) groups excluding carboxylic acids is 2.